The fourth-order valence-electron chi connectivity index (χ4n) is 16.0. The average Bonchev–Trinajstić information content (AvgIpc) is 1.46. The normalized spacial score (nSPS) is 14.1. The first kappa shape index (κ1) is 49.5. The molecule has 0 bridgehead atoms. The standard InChI is InChI=1S/C84H52N4OS/c89-90(81-33-17-11-27-65(81)71-47-55(39-45-83(71)90)53-35-41-59(42-36-53)87-75-31-15-9-25-63(75)69-49-67-61-23-7-13-29-73(61)85(77(67)51-79(69)87)57-19-3-1-4-20-57)82-34-18-12-28-66(82)72-48-56(40-46-84(72)90)54-37-43-60(44-38-54)88-76-32-16-10-26-64(76)70-50-68-62-24-8-14-30-74(62)86(78(68)52-80(70)88)58-21-5-2-6-22-58/h1-52H. The molecule has 1 spiro atoms. The van der Waals surface area contributed by atoms with Crippen LogP contribution in [0.1, 0.15) is 0 Å². The van der Waals surface area contributed by atoms with E-state index in [1.807, 2.05) is 0 Å². The monoisotopic (exact) mass is 1160 g/mol. The number of hydrogen-bond donors (Lipinski definition) is 0. The highest BCUT2D eigenvalue weighted by molar-refractivity contribution is 8.21. The number of nitrogens with zero attached hydrogens (tertiary/aromatic N) is 4. The minimum Gasteiger partial charge on any atom is -0.309 e. The maximum atomic E-state index is 17.8. The van der Waals surface area contributed by atoms with Gasteiger partial charge in [-0.05, 0) is 178 Å². The van der Waals surface area contributed by atoms with Crippen LogP contribution in [0.15, 0.2) is 335 Å². The zero-order chi connectivity index (χ0) is 59.0. The van der Waals surface area contributed by atoms with Crippen LogP contribution in [0, 0.1) is 0 Å². The molecular weight excluding hydrogens is 1110 g/mol. The second kappa shape index (κ2) is 18.0. The number of rotatable bonds is 6. The number of para-hydroxylation sites is 6. The van der Waals surface area contributed by atoms with Crippen LogP contribution in [0.5, 0.6) is 0 Å². The molecule has 20 rings (SSSR count). The van der Waals surface area contributed by atoms with Crippen molar-refractivity contribution in [3.63, 3.8) is 0 Å². The highest BCUT2D eigenvalue weighted by Crippen LogP contribution is 2.71. The van der Waals surface area contributed by atoms with Crippen molar-refractivity contribution < 1.29 is 4.21 Å². The molecule has 0 fully saturated rings. The molecule has 2 aliphatic heterocycles. The summed E-state index contributed by atoms with van der Waals surface area (Å²) in [5, 5.41) is 9.85. The summed E-state index contributed by atoms with van der Waals surface area (Å²) < 4.78 is 27.4. The summed E-state index contributed by atoms with van der Waals surface area (Å²) in [6.07, 6.45) is 0. The smallest absolute Gasteiger partial charge is 0.0562 e. The third-order valence-electron chi connectivity index (χ3n) is 19.9. The van der Waals surface area contributed by atoms with Crippen molar-refractivity contribution in [1.82, 2.24) is 18.3 Å². The van der Waals surface area contributed by atoms with Crippen LogP contribution in [-0.4, -0.2) is 22.5 Å². The Bertz CT molecular complexity index is 5820. The minimum atomic E-state index is -4.13. The van der Waals surface area contributed by atoms with Gasteiger partial charge in [0, 0.05) is 94.5 Å². The summed E-state index contributed by atoms with van der Waals surface area (Å²) in [6, 6.07) is 114. The van der Waals surface area contributed by atoms with Gasteiger partial charge >= 0.3 is 0 Å². The summed E-state index contributed by atoms with van der Waals surface area (Å²) in [4.78, 5) is 3.49. The lowest BCUT2D eigenvalue weighted by Gasteiger charge is -2.38. The van der Waals surface area contributed by atoms with Gasteiger partial charge in [-0.3, -0.25) is 4.21 Å². The number of fused-ring (bicyclic) bond motifs is 22. The van der Waals surface area contributed by atoms with E-state index in [-0.39, 0.29) is 0 Å². The molecule has 420 valence electrons. The molecule has 0 saturated carbocycles. The Labute approximate surface area is 517 Å². The molecule has 0 atom stereocenters. The number of benzene rings is 14. The molecule has 0 N–H and O–H groups in total. The van der Waals surface area contributed by atoms with Crippen molar-refractivity contribution in [3.05, 3.63) is 315 Å². The predicted octanol–water partition coefficient (Wildman–Crippen LogP) is 21.7. The Morgan fingerprint density at radius 1 is 0.189 bits per heavy atom. The Kier molecular flexibility index (Phi) is 9.92. The van der Waals surface area contributed by atoms with Crippen LogP contribution in [0.3, 0.4) is 0 Å². The van der Waals surface area contributed by atoms with Gasteiger partial charge in [-0.15, -0.1) is 0 Å². The molecule has 6 heterocycles. The Morgan fingerprint density at radius 3 is 0.822 bits per heavy atom. The first-order chi connectivity index (χ1) is 44.5. The molecule has 0 saturated heterocycles. The lowest BCUT2D eigenvalue weighted by Crippen LogP contribution is -2.30. The number of aromatic nitrogens is 4. The fourth-order valence-corrected chi connectivity index (χ4v) is 21.1. The Balaban J connectivity index is 0.688. The van der Waals surface area contributed by atoms with Crippen LogP contribution in [0.4, 0.5) is 0 Å². The molecule has 4 aromatic heterocycles. The molecule has 0 unspecified atom stereocenters. The van der Waals surface area contributed by atoms with Crippen LogP contribution in [0.2, 0.25) is 0 Å². The predicted molar refractivity (Wildman–Crippen MR) is 373 cm³/mol. The van der Waals surface area contributed by atoms with E-state index in [0.717, 1.165) is 109 Å². The van der Waals surface area contributed by atoms with Crippen molar-refractivity contribution in [3.8, 4) is 67.3 Å². The van der Waals surface area contributed by atoms with E-state index < -0.39 is 9.07 Å². The van der Waals surface area contributed by atoms with Crippen molar-refractivity contribution in [2.24, 2.45) is 0 Å². The van der Waals surface area contributed by atoms with E-state index in [9.17, 15) is 0 Å². The van der Waals surface area contributed by atoms with Gasteiger partial charge in [0.15, 0.2) is 0 Å². The minimum absolute atomic E-state index is 0.869. The Morgan fingerprint density at radius 2 is 0.467 bits per heavy atom. The highest BCUT2D eigenvalue weighted by Gasteiger charge is 2.57. The SMILES string of the molecule is O=S12(c3ccccc3-c3cc(-c4ccc(-n5c6ccccc6c6cc7c8ccccc8n(-c8ccccc8)c7cc65)cc4)ccc31)c1ccccc1-c1cc(-c3ccc(-n4c5ccccc5c5cc6c7ccccc7n(-c7ccccc7)c6cc54)cc3)ccc12. The third-order valence-corrected chi connectivity index (χ3v) is 24.7. The molecule has 0 amide bonds. The lowest BCUT2D eigenvalue weighted by molar-refractivity contribution is 0.658. The van der Waals surface area contributed by atoms with Crippen molar-refractivity contribution in [2.75, 3.05) is 0 Å². The maximum absolute atomic E-state index is 17.8. The van der Waals surface area contributed by atoms with Gasteiger partial charge in [0.1, 0.15) is 0 Å². The van der Waals surface area contributed by atoms with E-state index in [4.69, 9.17) is 0 Å². The van der Waals surface area contributed by atoms with E-state index in [1.165, 1.54) is 65.2 Å². The number of hydrogen-bond acceptors (Lipinski definition) is 1. The largest absolute Gasteiger partial charge is 0.309 e. The van der Waals surface area contributed by atoms with E-state index in [1.54, 1.807) is 0 Å². The van der Waals surface area contributed by atoms with E-state index >= 15 is 4.21 Å². The summed E-state index contributed by atoms with van der Waals surface area (Å²) in [7, 11) is -4.13. The molecule has 2 aliphatic rings. The molecule has 5 nitrogen and oxygen atoms in total. The zero-order valence-electron chi connectivity index (χ0n) is 48.6. The van der Waals surface area contributed by atoms with Gasteiger partial charge < -0.3 is 18.3 Å². The quantitative estimate of drug-likeness (QED) is 0.163. The molecule has 18 aromatic rings. The van der Waals surface area contributed by atoms with Crippen LogP contribution in [-0.2, 0) is 9.07 Å². The average molecular weight is 1170 g/mol. The maximum Gasteiger partial charge on any atom is 0.0562 e. The fraction of sp³-hybridized carbons (Fsp3) is 0. The second-order valence-corrected chi connectivity index (χ2v) is 28.0. The van der Waals surface area contributed by atoms with Crippen LogP contribution < -0.4 is 0 Å². The van der Waals surface area contributed by atoms with Crippen LogP contribution >= 0.6 is 0 Å². The van der Waals surface area contributed by atoms with Crippen molar-refractivity contribution in [2.45, 2.75) is 19.6 Å². The van der Waals surface area contributed by atoms with Crippen molar-refractivity contribution >= 4 is 96.3 Å². The first-order valence-electron chi connectivity index (χ1n) is 30.9. The van der Waals surface area contributed by atoms with E-state index in [2.05, 4.69) is 334 Å². The summed E-state index contributed by atoms with van der Waals surface area (Å²) in [5.74, 6) is 0. The Hall–Kier alpha value is -11.6. The second-order valence-electron chi connectivity index (χ2n) is 24.3. The summed E-state index contributed by atoms with van der Waals surface area (Å²) in [6.45, 7) is 0. The molecule has 0 radical (unpaired) electrons. The molecule has 6 heteroatoms. The molecule has 90 heavy (non-hydrogen) atoms. The van der Waals surface area contributed by atoms with E-state index in [0.29, 0.717) is 0 Å². The van der Waals surface area contributed by atoms with Gasteiger partial charge in [-0.25, -0.2) is 0 Å². The van der Waals surface area contributed by atoms with Gasteiger partial charge in [-0.2, -0.15) is 0 Å². The summed E-state index contributed by atoms with van der Waals surface area (Å²) in [5.41, 5.74) is 22.2. The molecular formula is C84H52N4OS. The van der Waals surface area contributed by atoms with Crippen LogP contribution in [0.25, 0.3) is 154 Å². The van der Waals surface area contributed by atoms with Gasteiger partial charge in [0.05, 0.1) is 44.1 Å². The lowest BCUT2D eigenvalue weighted by atomic mass is 9.99. The topological polar surface area (TPSA) is 36.8 Å². The van der Waals surface area contributed by atoms with Crippen molar-refractivity contribution in [1.29, 1.82) is 0 Å². The van der Waals surface area contributed by atoms with Gasteiger partial charge in [-0.1, -0.05) is 182 Å². The molecule has 14 aromatic carbocycles. The molecule has 0 aliphatic carbocycles. The zero-order valence-corrected chi connectivity index (χ0v) is 49.4. The van der Waals surface area contributed by atoms with Gasteiger partial charge in [0.2, 0.25) is 0 Å². The van der Waals surface area contributed by atoms with Gasteiger partial charge in [0.25, 0.3) is 0 Å². The third kappa shape index (κ3) is 6.41. The first-order valence-corrected chi connectivity index (χ1v) is 32.8. The summed E-state index contributed by atoms with van der Waals surface area (Å²) >= 11 is 0. The highest BCUT2D eigenvalue weighted by atomic mass is 32.3.